The summed E-state index contributed by atoms with van der Waals surface area (Å²) in [4.78, 5) is 19.2. The molecule has 2 N–H and O–H groups in total. The molecule has 0 bridgehead atoms. The molecular weight excluding hydrogens is 312 g/mol. The SMILES string of the molecule is CCc1nc2ccccc2n1CC(=O)N1CCC(C)(CN)C1.Cl. The molecule has 2 aromatic rings. The van der Waals surface area contributed by atoms with Crippen molar-refractivity contribution in [1.82, 2.24) is 14.5 Å². The summed E-state index contributed by atoms with van der Waals surface area (Å²) in [5.41, 5.74) is 7.90. The average molecular weight is 337 g/mol. The van der Waals surface area contributed by atoms with Crippen LogP contribution in [0.25, 0.3) is 11.0 Å². The minimum absolute atomic E-state index is 0. The van der Waals surface area contributed by atoms with E-state index in [2.05, 4.69) is 23.4 Å². The number of nitrogens with two attached hydrogens (primary N) is 1. The van der Waals surface area contributed by atoms with Crippen LogP contribution in [0, 0.1) is 5.41 Å². The summed E-state index contributed by atoms with van der Waals surface area (Å²) in [5.74, 6) is 1.13. The number of halogens is 1. The van der Waals surface area contributed by atoms with E-state index in [0.29, 0.717) is 13.1 Å². The van der Waals surface area contributed by atoms with Gasteiger partial charge in [-0.25, -0.2) is 4.98 Å². The summed E-state index contributed by atoms with van der Waals surface area (Å²) >= 11 is 0. The lowest BCUT2D eigenvalue weighted by atomic mass is 9.90. The van der Waals surface area contributed by atoms with Crippen LogP contribution in [0.1, 0.15) is 26.1 Å². The first kappa shape index (κ1) is 17.8. The Hall–Kier alpha value is -1.59. The van der Waals surface area contributed by atoms with E-state index in [1.165, 1.54) is 0 Å². The van der Waals surface area contributed by atoms with Gasteiger partial charge in [-0.15, -0.1) is 12.4 Å². The first-order valence-corrected chi connectivity index (χ1v) is 7.98. The fourth-order valence-corrected chi connectivity index (χ4v) is 3.21. The molecule has 1 aliphatic heterocycles. The van der Waals surface area contributed by atoms with E-state index in [0.717, 1.165) is 42.8 Å². The van der Waals surface area contributed by atoms with E-state index in [4.69, 9.17) is 5.73 Å². The predicted octanol–water partition coefficient (Wildman–Crippen LogP) is 2.22. The van der Waals surface area contributed by atoms with Crippen LogP contribution in [0.3, 0.4) is 0 Å². The monoisotopic (exact) mass is 336 g/mol. The molecule has 0 saturated carbocycles. The Labute approximate surface area is 143 Å². The number of aryl methyl sites for hydroxylation is 1. The number of rotatable bonds is 4. The summed E-state index contributed by atoms with van der Waals surface area (Å²) in [6, 6.07) is 8.00. The molecule has 1 fully saturated rings. The van der Waals surface area contributed by atoms with Gasteiger partial charge in [0, 0.05) is 19.5 Å². The third-order valence-corrected chi connectivity index (χ3v) is 4.75. The molecule has 0 aliphatic carbocycles. The number of nitrogens with zero attached hydrogens (tertiary/aromatic N) is 3. The Morgan fingerprint density at radius 3 is 2.78 bits per heavy atom. The van der Waals surface area contributed by atoms with E-state index in [-0.39, 0.29) is 23.7 Å². The van der Waals surface area contributed by atoms with Crippen molar-refractivity contribution in [3.8, 4) is 0 Å². The summed E-state index contributed by atoms with van der Waals surface area (Å²) in [7, 11) is 0. The van der Waals surface area contributed by atoms with Gasteiger partial charge in [-0.1, -0.05) is 26.0 Å². The third kappa shape index (κ3) is 3.35. The Bertz CT molecular complexity index is 699. The molecule has 1 saturated heterocycles. The van der Waals surface area contributed by atoms with Crippen LogP contribution in [-0.2, 0) is 17.8 Å². The smallest absolute Gasteiger partial charge is 0.242 e. The second kappa shape index (κ2) is 6.89. The number of likely N-dealkylation sites (tertiary alicyclic amines) is 1. The highest BCUT2D eigenvalue weighted by atomic mass is 35.5. The molecule has 2 heterocycles. The quantitative estimate of drug-likeness (QED) is 0.931. The molecule has 23 heavy (non-hydrogen) atoms. The topological polar surface area (TPSA) is 64.2 Å². The van der Waals surface area contributed by atoms with Gasteiger partial charge in [0.25, 0.3) is 0 Å². The predicted molar refractivity (Wildman–Crippen MR) is 94.7 cm³/mol. The first-order valence-electron chi connectivity index (χ1n) is 7.98. The standard InChI is InChI=1S/C17H24N4O.ClH/c1-3-15-19-13-6-4-5-7-14(13)21(15)10-16(22)20-9-8-17(2,11-18)12-20;/h4-7H,3,8-12,18H2,1-2H3;1H. The average Bonchev–Trinajstić information content (AvgIpc) is 3.09. The lowest BCUT2D eigenvalue weighted by Gasteiger charge is -2.23. The molecule has 1 aromatic heterocycles. The Kier molecular flexibility index (Phi) is 5.32. The van der Waals surface area contributed by atoms with Crippen molar-refractivity contribution in [3.05, 3.63) is 30.1 Å². The number of para-hydroxylation sites is 2. The second-order valence-corrected chi connectivity index (χ2v) is 6.54. The minimum atomic E-state index is 0. The normalized spacial score (nSPS) is 20.7. The van der Waals surface area contributed by atoms with E-state index in [1.54, 1.807) is 0 Å². The number of aromatic nitrogens is 2. The van der Waals surface area contributed by atoms with Gasteiger partial charge in [-0.05, 0) is 30.5 Å². The lowest BCUT2D eigenvalue weighted by molar-refractivity contribution is -0.131. The molecule has 1 unspecified atom stereocenters. The number of hydrogen-bond acceptors (Lipinski definition) is 3. The zero-order valence-corrected chi connectivity index (χ0v) is 14.6. The fraction of sp³-hybridized carbons (Fsp3) is 0.529. The van der Waals surface area contributed by atoms with Gasteiger partial charge in [0.15, 0.2) is 0 Å². The largest absolute Gasteiger partial charge is 0.341 e. The van der Waals surface area contributed by atoms with Crippen molar-refractivity contribution in [1.29, 1.82) is 0 Å². The number of amides is 1. The van der Waals surface area contributed by atoms with Crippen molar-refractivity contribution in [2.45, 2.75) is 33.2 Å². The second-order valence-electron chi connectivity index (χ2n) is 6.54. The molecule has 1 aliphatic rings. The number of carbonyl (C=O) groups is 1. The van der Waals surface area contributed by atoms with Crippen LogP contribution in [0.5, 0.6) is 0 Å². The highest BCUT2D eigenvalue weighted by Gasteiger charge is 2.34. The summed E-state index contributed by atoms with van der Waals surface area (Å²) in [5, 5.41) is 0. The maximum atomic E-state index is 12.7. The van der Waals surface area contributed by atoms with Crippen molar-refractivity contribution in [3.63, 3.8) is 0 Å². The van der Waals surface area contributed by atoms with Crippen LogP contribution in [0.15, 0.2) is 24.3 Å². The van der Waals surface area contributed by atoms with Gasteiger partial charge in [-0.2, -0.15) is 0 Å². The molecule has 0 radical (unpaired) electrons. The molecular formula is C17H25ClN4O. The molecule has 5 nitrogen and oxygen atoms in total. The Morgan fingerprint density at radius 2 is 2.13 bits per heavy atom. The van der Waals surface area contributed by atoms with Gasteiger partial charge in [0.2, 0.25) is 5.91 Å². The first-order chi connectivity index (χ1) is 10.6. The van der Waals surface area contributed by atoms with Crippen molar-refractivity contribution in [2.75, 3.05) is 19.6 Å². The van der Waals surface area contributed by atoms with Crippen LogP contribution < -0.4 is 5.73 Å². The van der Waals surface area contributed by atoms with Gasteiger partial charge in [-0.3, -0.25) is 4.79 Å². The zero-order valence-electron chi connectivity index (χ0n) is 13.8. The van der Waals surface area contributed by atoms with Gasteiger partial charge >= 0.3 is 0 Å². The van der Waals surface area contributed by atoms with E-state index in [1.807, 2.05) is 29.2 Å². The van der Waals surface area contributed by atoms with Gasteiger partial charge in [0.1, 0.15) is 12.4 Å². The van der Waals surface area contributed by atoms with Crippen LogP contribution >= 0.6 is 12.4 Å². The number of fused-ring (bicyclic) bond motifs is 1. The zero-order chi connectivity index (χ0) is 15.7. The molecule has 3 rings (SSSR count). The van der Waals surface area contributed by atoms with Crippen molar-refractivity contribution in [2.24, 2.45) is 11.1 Å². The molecule has 0 spiro atoms. The van der Waals surface area contributed by atoms with Crippen LogP contribution in [-0.4, -0.2) is 40.0 Å². The highest BCUT2D eigenvalue weighted by Crippen LogP contribution is 2.29. The van der Waals surface area contributed by atoms with E-state index in [9.17, 15) is 4.79 Å². The molecule has 126 valence electrons. The van der Waals surface area contributed by atoms with Gasteiger partial charge < -0.3 is 15.2 Å². The fourth-order valence-electron chi connectivity index (χ4n) is 3.21. The number of imidazole rings is 1. The minimum Gasteiger partial charge on any atom is -0.341 e. The highest BCUT2D eigenvalue weighted by molar-refractivity contribution is 5.85. The molecule has 6 heteroatoms. The van der Waals surface area contributed by atoms with E-state index < -0.39 is 0 Å². The van der Waals surface area contributed by atoms with E-state index >= 15 is 0 Å². The van der Waals surface area contributed by atoms with Crippen molar-refractivity contribution >= 4 is 29.3 Å². The molecule has 1 atom stereocenters. The number of hydrogen-bond donors (Lipinski definition) is 1. The lowest BCUT2D eigenvalue weighted by Crippen LogP contribution is -2.36. The van der Waals surface area contributed by atoms with Gasteiger partial charge in [0.05, 0.1) is 11.0 Å². The molecule has 1 amide bonds. The maximum Gasteiger partial charge on any atom is 0.242 e. The Morgan fingerprint density at radius 1 is 1.39 bits per heavy atom. The Balaban J connectivity index is 0.00000192. The third-order valence-electron chi connectivity index (χ3n) is 4.75. The maximum absolute atomic E-state index is 12.7. The van der Waals surface area contributed by atoms with Crippen molar-refractivity contribution < 1.29 is 4.79 Å². The number of carbonyl (C=O) groups excluding carboxylic acids is 1. The summed E-state index contributed by atoms with van der Waals surface area (Å²) < 4.78 is 2.05. The molecule has 1 aromatic carbocycles. The summed E-state index contributed by atoms with van der Waals surface area (Å²) in [6.07, 6.45) is 1.81. The number of benzene rings is 1. The van der Waals surface area contributed by atoms with Crippen LogP contribution in [0.4, 0.5) is 0 Å². The van der Waals surface area contributed by atoms with Crippen LogP contribution in [0.2, 0.25) is 0 Å². The summed E-state index contributed by atoms with van der Waals surface area (Å²) in [6.45, 7) is 6.79.